The Morgan fingerprint density at radius 1 is 1.07 bits per heavy atom. The molecule has 150 valence electrons. The van der Waals surface area contributed by atoms with Crippen LogP contribution in [0.15, 0.2) is 42.5 Å². The molecule has 0 bridgehead atoms. The van der Waals surface area contributed by atoms with Gasteiger partial charge in [-0.3, -0.25) is 9.59 Å². The molecule has 0 aliphatic rings. The van der Waals surface area contributed by atoms with E-state index in [9.17, 15) is 9.59 Å². The second kappa shape index (κ2) is 10.5. The largest absolute Gasteiger partial charge is 0.496 e. The van der Waals surface area contributed by atoms with Crippen LogP contribution in [0.3, 0.4) is 0 Å². The van der Waals surface area contributed by atoms with E-state index in [1.54, 1.807) is 31.4 Å². The van der Waals surface area contributed by atoms with Crippen molar-refractivity contribution >= 4 is 11.7 Å². The van der Waals surface area contributed by atoms with Crippen molar-refractivity contribution in [1.29, 1.82) is 0 Å². The molecule has 28 heavy (non-hydrogen) atoms. The van der Waals surface area contributed by atoms with Gasteiger partial charge in [-0.1, -0.05) is 24.6 Å². The van der Waals surface area contributed by atoms with E-state index in [0.29, 0.717) is 12.2 Å². The molecule has 1 amide bonds. The number of carbonyl (C=O) groups excluding carboxylic acids is 2. The molecule has 0 saturated carbocycles. The first-order valence-electron chi connectivity index (χ1n) is 9.64. The average molecular weight is 383 g/mol. The average Bonchev–Trinajstić information content (AvgIpc) is 2.70. The minimum absolute atomic E-state index is 0.0574. The number of hydrogen-bond acceptors (Lipinski definition) is 4. The summed E-state index contributed by atoms with van der Waals surface area (Å²) < 4.78 is 10.9. The van der Waals surface area contributed by atoms with Gasteiger partial charge in [0, 0.05) is 24.0 Å². The summed E-state index contributed by atoms with van der Waals surface area (Å²) >= 11 is 0. The number of nitrogens with one attached hydrogen (secondary N) is 1. The molecule has 0 aromatic heterocycles. The Balaban J connectivity index is 1.88. The Kier molecular flexibility index (Phi) is 8.05. The number of ketones is 1. The molecule has 5 heteroatoms. The third-order valence-corrected chi connectivity index (χ3v) is 4.46. The predicted octanol–water partition coefficient (Wildman–Crippen LogP) is 4.63. The number of hydrogen-bond donors (Lipinski definition) is 1. The first-order valence-corrected chi connectivity index (χ1v) is 9.64. The van der Waals surface area contributed by atoms with Gasteiger partial charge in [0.2, 0.25) is 5.91 Å². The van der Waals surface area contributed by atoms with Crippen LogP contribution >= 0.6 is 0 Å². The van der Waals surface area contributed by atoms with E-state index in [2.05, 4.69) is 5.32 Å². The van der Waals surface area contributed by atoms with Crippen molar-refractivity contribution in [2.45, 2.75) is 46.1 Å². The van der Waals surface area contributed by atoms with Crippen molar-refractivity contribution in [3.8, 4) is 11.5 Å². The Hall–Kier alpha value is -2.82. The van der Waals surface area contributed by atoms with Crippen LogP contribution in [0.5, 0.6) is 11.5 Å². The lowest BCUT2D eigenvalue weighted by Crippen LogP contribution is -2.27. The number of amides is 1. The molecule has 5 nitrogen and oxygen atoms in total. The summed E-state index contributed by atoms with van der Waals surface area (Å²) in [6, 6.07) is 12.7. The summed E-state index contributed by atoms with van der Waals surface area (Å²) in [6.45, 7) is 6.59. The summed E-state index contributed by atoms with van der Waals surface area (Å²) in [5.74, 6) is 1.27. The molecule has 1 atom stereocenters. The summed E-state index contributed by atoms with van der Waals surface area (Å²) in [5.41, 5.74) is 2.60. The molecule has 0 aliphatic carbocycles. The van der Waals surface area contributed by atoms with E-state index in [-0.39, 0.29) is 30.6 Å². The van der Waals surface area contributed by atoms with Crippen molar-refractivity contribution in [1.82, 2.24) is 5.32 Å². The summed E-state index contributed by atoms with van der Waals surface area (Å²) in [6.07, 6.45) is 1.24. The topological polar surface area (TPSA) is 64.6 Å². The van der Waals surface area contributed by atoms with Crippen LogP contribution in [-0.2, 0) is 4.79 Å². The highest BCUT2D eigenvalue weighted by atomic mass is 16.5. The second-order valence-corrected chi connectivity index (χ2v) is 6.83. The Morgan fingerprint density at radius 2 is 1.79 bits per heavy atom. The van der Waals surface area contributed by atoms with Gasteiger partial charge in [-0.2, -0.15) is 0 Å². The molecule has 1 N–H and O–H groups in total. The lowest BCUT2D eigenvalue weighted by atomic mass is 10.0. The van der Waals surface area contributed by atoms with Gasteiger partial charge in [-0.05, 0) is 50.6 Å². The van der Waals surface area contributed by atoms with Crippen LogP contribution in [0.25, 0.3) is 0 Å². The summed E-state index contributed by atoms with van der Waals surface area (Å²) in [7, 11) is 1.61. The van der Waals surface area contributed by atoms with E-state index >= 15 is 0 Å². The zero-order chi connectivity index (χ0) is 20.5. The molecule has 0 unspecified atom stereocenters. The van der Waals surface area contributed by atoms with Crippen LogP contribution in [-0.4, -0.2) is 25.4 Å². The SMILES string of the molecule is CCCOc1ccc(C(=O)CCC(=O)N[C@H](C)c2cc(C)ccc2OC)cc1. The van der Waals surface area contributed by atoms with Gasteiger partial charge in [-0.25, -0.2) is 0 Å². The maximum absolute atomic E-state index is 12.3. The number of ether oxygens (including phenoxy) is 2. The number of methoxy groups -OCH3 is 1. The van der Waals surface area contributed by atoms with E-state index in [4.69, 9.17) is 9.47 Å². The van der Waals surface area contributed by atoms with Gasteiger partial charge in [-0.15, -0.1) is 0 Å². The maximum atomic E-state index is 12.3. The number of carbonyl (C=O) groups is 2. The zero-order valence-corrected chi connectivity index (χ0v) is 17.1. The van der Waals surface area contributed by atoms with Crippen LogP contribution < -0.4 is 14.8 Å². The van der Waals surface area contributed by atoms with E-state index < -0.39 is 0 Å². The number of Topliss-reactive ketones (excluding diaryl/α,β-unsaturated/α-hetero) is 1. The fourth-order valence-electron chi connectivity index (χ4n) is 2.91. The molecule has 2 rings (SSSR count). The molecular formula is C23H29NO4. The standard InChI is InChI=1S/C23H29NO4/c1-5-14-28-19-9-7-18(8-10-19)21(25)11-13-23(26)24-17(3)20-15-16(2)6-12-22(20)27-4/h6-10,12,15,17H,5,11,13-14H2,1-4H3,(H,24,26)/t17-/m1/s1. The molecular weight excluding hydrogens is 354 g/mol. The minimum Gasteiger partial charge on any atom is -0.496 e. The third-order valence-electron chi connectivity index (χ3n) is 4.46. The lowest BCUT2D eigenvalue weighted by molar-refractivity contribution is -0.121. The molecule has 0 fully saturated rings. The normalized spacial score (nSPS) is 11.6. The van der Waals surface area contributed by atoms with E-state index in [1.807, 2.05) is 39.0 Å². The van der Waals surface area contributed by atoms with Crippen LogP contribution in [0.1, 0.15) is 60.6 Å². The molecule has 2 aromatic rings. The smallest absolute Gasteiger partial charge is 0.220 e. The van der Waals surface area contributed by atoms with E-state index in [1.165, 1.54) is 0 Å². The Morgan fingerprint density at radius 3 is 2.43 bits per heavy atom. The predicted molar refractivity (Wildman–Crippen MR) is 110 cm³/mol. The minimum atomic E-state index is -0.201. The Bertz CT molecular complexity index is 799. The monoisotopic (exact) mass is 383 g/mol. The van der Waals surface area contributed by atoms with Crippen molar-refractivity contribution in [3.63, 3.8) is 0 Å². The van der Waals surface area contributed by atoms with Crippen LogP contribution in [0.2, 0.25) is 0 Å². The van der Waals surface area contributed by atoms with Gasteiger partial charge in [0.15, 0.2) is 5.78 Å². The first kappa shape index (κ1) is 21.5. The van der Waals surface area contributed by atoms with Gasteiger partial charge < -0.3 is 14.8 Å². The quantitative estimate of drug-likeness (QED) is 0.608. The highest BCUT2D eigenvalue weighted by molar-refractivity contribution is 5.98. The number of aryl methyl sites for hydroxylation is 1. The summed E-state index contributed by atoms with van der Waals surface area (Å²) in [4.78, 5) is 24.6. The second-order valence-electron chi connectivity index (χ2n) is 6.83. The fourth-order valence-corrected chi connectivity index (χ4v) is 2.91. The number of benzene rings is 2. The molecule has 0 aliphatic heterocycles. The molecule has 0 heterocycles. The van der Waals surface area contributed by atoms with Gasteiger partial charge in [0.1, 0.15) is 11.5 Å². The van der Waals surface area contributed by atoms with Crippen molar-refractivity contribution in [2.75, 3.05) is 13.7 Å². The fraction of sp³-hybridized carbons (Fsp3) is 0.391. The van der Waals surface area contributed by atoms with Gasteiger partial charge >= 0.3 is 0 Å². The first-order chi connectivity index (χ1) is 13.4. The molecule has 2 aromatic carbocycles. The van der Waals surface area contributed by atoms with Gasteiger partial charge in [0.25, 0.3) is 0 Å². The van der Waals surface area contributed by atoms with Crippen LogP contribution in [0.4, 0.5) is 0 Å². The maximum Gasteiger partial charge on any atom is 0.220 e. The summed E-state index contributed by atoms with van der Waals surface area (Å²) in [5, 5.41) is 2.95. The highest BCUT2D eigenvalue weighted by Crippen LogP contribution is 2.26. The Labute approximate surface area is 167 Å². The van der Waals surface area contributed by atoms with E-state index in [0.717, 1.165) is 29.0 Å². The lowest BCUT2D eigenvalue weighted by Gasteiger charge is -2.18. The molecule has 0 spiro atoms. The van der Waals surface area contributed by atoms with Crippen molar-refractivity contribution in [2.24, 2.45) is 0 Å². The third kappa shape index (κ3) is 6.12. The van der Waals surface area contributed by atoms with Crippen LogP contribution in [0, 0.1) is 6.92 Å². The molecule has 0 radical (unpaired) electrons. The molecule has 0 saturated heterocycles. The van der Waals surface area contributed by atoms with Crippen molar-refractivity contribution in [3.05, 3.63) is 59.2 Å². The highest BCUT2D eigenvalue weighted by Gasteiger charge is 2.16. The number of rotatable bonds is 10. The van der Waals surface area contributed by atoms with Gasteiger partial charge in [0.05, 0.1) is 19.8 Å². The zero-order valence-electron chi connectivity index (χ0n) is 17.1. The van der Waals surface area contributed by atoms with Crippen molar-refractivity contribution < 1.29 is 19.1 Å².